The molecule has 15 heteroatoms. The predicted octanol–water partition coefficient (Wildman–Crippen LogP) is 9.33. The van der Waals surface area contributed by atoms with Crippen LogP contribution in [0.4, 0.5) is 15.3 Å². The minimum atomic E-state index is -0.893. The van der Waals surface area contributed by atoms with Crippen molar-refractivity contribution in [1.29, 1.82) is 0 Å². The highest BCUT2D eigenvalue weighted by molar-refractivity contribution is 5.88. The molecule has 6 aromatic rings. The van der Waals surface area contributed by atoms with E-state index in [-0.39, 0.29) is 41.9 Å². The van der Waals surface area contributed by atoms with Gasteiger partial charge in [-0.25, -0.2) is 19.6 Å². The Labute approximate surface area is 395 Å². The lowest BCUT2D eigenvalue weighted by Crippen LogP contribution is -2.51. The predicted molar refractivity (Wildman–Crippen MR) is 257 cm³/mol. The average Bonchev–Trinajstić information content (AvgIpc) is 4.25. The second kappa shape index (κ2) is 18.7. The maximum Gasteiger partial charge on any atom is 0.407 e. The highest BCUT2D eigenvalue weighted by atomic mass is 16.5. The van der Waals surface area contributed by atoms with Crippen LogP contribution in [0.1, 0.15) is 111 Å². The number of amides is 4. The number of rotatable bonds is 12. The first-order chi connectivity index (χ1) is 33.1. The molecule has 0 spiro atoms. The molecular weight excluding hydrogens is 859 g/mol. The summed E-state index contributed by atoms with van der Waals surface area (Å²) < 4.78 is 9.72. The largest absolute Gasteiger partial charge is 0.453 e. The van der Waals surface area contributed by atoms with Crippen LogP contribution in [-0.2, 0) is 19.1 Å². The van der Waals surface area contributed by atoms with Gasteiger partial charge in [0.1, 0.15) is 23.7 Å². The van der Waals surface area contributed by atoms with Crippen molar-refractivity contribution in [3.8, 4) is 33.6 Å². The first-order valence-electron chi connectivity index (χ1n) is 23.7. The molecule has 4 N–H and O–H groups in total. The number of carbonyl (C=O) groups is 4. The summed E-state index contributed by atoms with van der Waals surface area (Å²) in [5.41, 5.74) is 10.6. The van der Waals surface area contributed by atoms with E-state index in [0.29, 0.717) is 24.5 Å². The number of imidazole rings is 2. The minimum absolute atomic E-state index is 0.126. The summed E-state index contributed by atoms with van der Waals surface area (Å²) in [5.74, 6) is 0.969. The van der Waals surface area contributed by atoms with Gasteiger partial charge in [-0.05, 0) is 90.0 Å². The van der Waals surface area contributed by atoms with E-state index in [9.17, 15) is 19.2 Å². The van der Waals surface area contributed by atoms with Gasteiger partial charge in [0.2, 0.25) is 5.91 Å². The summed E-state index contributed by atoms with van der Waals surface area (Å²) in [6, 6.07) is 31.2. The Morgan fingerprint density at radius 1 is 0.603 bits per heavy atom. The lowest BCUT2D eigenvalue weighted by atomic mass is 9.82. The van der Waals surface area contributed by atoms with Crippen molar-refractivity contribution in [2.75, 3.05) is 32.2 Å². The van der Waals surface area contributed by atoms with Crippen molar-refractivity contribution in [2.24, 2.45) is 5.92 Å². The highest BCUT2D eigenvalue weighted by Crippen LogP contribution is 2.59. The number of likely N-dealkylation sites (tertiary alicyclic amines) is 2. The number of aromatic nitrogens is 4. The third kappa shape index (κ3) is 8.13. The van der Waals surface area contributed by atoms with Crippen molar-refractivity contribution in [2.45, 2.75) is 88.6 Å². The number of aromatic amines is 2. The van der Waals surface area contributed by atoms with Gasteiger partial charge in [-0.15, -0.1) is 0 Å². The van der Waals surface area contributed by atoms with Crippen LogP contribution in [0.25, 0.3) is 33.6 Å². The third-order valence-corrected chi connectivity index (χ3v) is 14.3. The van der Waals surface area contributed by atoms with Crippen LogP contribution in [0, 0.1) is 5.92 Å². The van der Waals surface area contributed by atoms with Crippen molar-refractivity contribution in [3.05, 3.63) is 138 Å². The number of anilines is 1. The maximum absolute atomic E-state index is 14.1. The molecule has 10 rings (SSSR count). The molecule has 4 aliphatic heterocycles. The fraction of sp³-hybridized carbons (Fsp3) is 0.358. The second-order valence-corrected chi connectivity index (χ2v) is 18.5. The molecule has 4 amide bonds. The number of methoxy groups -OCH3 is 2. The number of H-pyrrole nitrogens is 2. The smallest absolute Gasteiger partial charge is 0.407 e. The Morgan fingerprint density at radius 3 is 1.75 bits per heavy atom. The zero-order valence-corrected chi connectivity index (χ0v) is 38.8. The molecule has 4 aliphatic rings. The zero-order valence-electron chi connectivity index (χ0n) is 38.8. The van der Waals surface area contributed by atoms with Crippen molar-refractivity contribution < 1.29 is 28.7 Å². The number of benzene rings is 4. The fourth-order valence-corrected chi connectivity index (χ4v) is 11.1. The van der Waals surface area contributed by atoms with E-state index in [2.05, 4.69) is 92.2 Å². The molecule has 2 bridgehead atoms. The topological polar surface area (TPSA) is 178 Å². The molecule has 68 heavy (non-hydrogen) atoms. The highest BCUT2D eigenvalue weighted by Gasteiger charge is 2.47. The Bertz CT molecular complexity index is 2810. The molecule has 0 saturated carbocycles. The Kier molecular flexibility index (Phi) is 12.2. The van der Waals surface area contributed by atoms with Gasteiger partial charge in [-0.3, -0.25) is 9.59 Å². The summed E-state index contributed by atoms with van der Waals surface area (Å²) in [6.07, 6.45) is 7.67. The average molecular weight is 916 g/mol. The number of hydrogen-bond acceptors (Lipinski definition) is 9. The fourth-order valence-electron chi connectivity index (χ4n) is 11.1. The van der Waals surface area contributed by atoms with Crippen molar-refractivity contribution in [1.82, 2.24) is 40.4 Å². The Balaban J connectivity index is 0.933. The summed E-state index contributed by atoms with van der Waals surface area (Å²) in [5, 5.41) is 5.49. The summed E-state index contributed by atoms with van der Waals surface area (Å²) in [6.45, 7) is 4.97. The number of alkyl carbamates (subject to hydrolysis) is 2. The zero-order chi connectivity index (χ0) is 47.1. The standard InChI is InChI=1S/C53H57N9O6/c1-31(2)46(58-52(65)67-3)50(63)60-27-11-18-43(60)49-55-30-39(57-49)37-24-23-36(44-40-25-26-41(45(37)44)62(40)35-15-9-6-10-16-35)32-19-21-33(22-20-32)38-29-54-48(56-38)42-17-12-28-61(42)51(64)47(59-53(66)68-4)34-13-7-5-8-14-34/h5-10,13-16,19-24,29-31,40-43,46-47H,11-12,17-18,25-28H2,1-4H3,(H,54,56)(H,55,57)(H,58,65)(H,59,66)/t40?,41?,42?,43-,46+,47-/m0/s1. The van der Waals surface area contributed by atoms with Gasteiger partial charge in [0.25, 0.3) is 5.91 Å². The van der Waals surface area contributed by atoms with Gasteiger partial charge in [-0.1, -0.05) is 98.8 Å². The molecule has 350 valence electrons. The Hall–Kier alpha value is -7.42. The molecule has 3 unspecified atom stereocenters. The monoisotopic (exact) mass is 915 g/mol. The van der Waals surface area contributed by atoms with Gasteiger partial charge in [0.15, 0.2) is 0 Å². The van der Waals surface area contributed by atoms with Crippen LogP contribution < -0.4 is 15.5 Å². The van der Waals surface area contributed by atoms with Gasteiger partial charge < -0.3 is 44.8 Å². The van der Waals surface area contributed by atoms with Crippen molar-refractivity contribution >= 4 is 29.7 Å². The molecule has 2 aromatic heterocycles. The molecular formula is C53H57N9O6. The van der Waals surface area contributed by atoms with Gasteiger partial charge in [0.05, 0.1) is 62.2 Å². The number of nitrogens with zero attached hydrogens (tertiary/aromatic N) is 5. The molecule has 3 saturated heterocycles. The van der Waals surface area contributed by atoms with Crippen LogP contribution in [-0.4, -0.2) is 87.1 Å². The molecule has 4 aromatic carbocycles. The van der Waals surface area contributed by atoms with Crippen molar-refractivity contribution in [3.63, 3.8) is 0 Å². The minimum Gasteiger partial charge on any atom is -0.453 e. The lowest BCUT2D eigenvalue weighted by Gasteiger charge is -2.30. The SMILES string of the molecule is COC(=O)N[C@H](C(=O)N1CCCC1c1ncc(-c2ccc(-c3ccc(-c4cnc([C@@H]5CCCN5C(=O)[C@H](NC(=O)OC)C(C)C)[nH]4)c4c3C3CCC4N3c3ccccc3)cc2)[nH]1)c1ccccc1. The van der Waals surface area contributed by atoms with Gasteiger partial charge in [0, 0.05) is 24.3 Å². The van der Waals surface area contributed by atoms with E-state index >= 15 is 0 Å². The van der Waals surface area contributed by atoms with E-state index in [1.54, 1.807) is 4.90 Å². The van der Waals surface area contributed by atoms with Crippen LogP contribution >= 0.6 is 0 Å². The normalized spacial score (nSPS) is 20.3. The quantitative estimate of drug-likeness (QED) is 0.0932. The van der Waals surface area contributed by atoms with Gasteiger partial charge >= 0.3 is 12.2 Å². The lowest BCUT2D eigenvalue weighted by molar-refractivity contribution is -0.135. The first-order valence-corrected chi connectivity index (χ1v) is 23.7. The van der Waals surface area contributed by atoms with E-state index in [1.165, 1.54) is 36.6 Å². The van der Waals surface area contributed by atoms with Crippen LogP contribution in [0.5, 0.6) is 0 Å². The van der Waals surface area contributed by atoms with E-state index in [4.69, 9.17) is 19.4 Å². The summed E-state index contributed by atoms with van der Waals surface area (Å²) in [4.78, 5) is 75.8. The Morgan fingerprint density at radius 2 is 1.13 bits per heavy atom. The maximum atomic E-state index is 14.1. The molecule has 3 fully saturated rings. The number of para-hydroxylation sites is 1. The van der Waals surface area contributed by atoms with E-state index in [1.807, 2.05) is 61.5 Å². The summed E-state index contributed by atoms with van der Waals surface area (Å²) in [7, 11) is 2.59. The summed E-state index contributed by atoms with van der Waals surface area (Å²) >= 11 is 0. The number of carbonyl (C=O) groups excluding carboxylic acids is 4. The number of ether oxygens (including phenoxy) is 2. The molecule has 15 nitrogen and oxygen atoms in total. The van der Waals surface area contributed by atoms with E-state index < -0.39 is 24.3 Å². The molecule has 6 heterocycles. The molecule has 6 atom stereocenters. The molecule has 0 aliphatic carbocycles. The van der Waals surface area contributed by atoms with Crippen LogP contribution in [0.2, 0.25) is 0 Å². The van der Waals surface area contributed by atoms with Crippen LogP contribution in [0.3, 0.4) is 0 Å². The first kappa shape index (κ1) is 44.4. The number of fused-ring (bicyclic) bond motifs is 5. The molecule has 0 radical (unpaired) electrons. The second-order valence-electron chi connectivity index (χ2n) is 18.5. The number of nitrogens with one attached hydrogen (secondary N) is 4. The number of hydrogen-bond donors (Lipinski definition) is 4. The van der Waals surface area contributed by atoms with Gasteiger partial charge in [-0.2, -0.15) is 0 Å². The van der Waals surface area contributed by atoms with E-state index in [0.717, 1.165) is 72.4 Å². The van der Waals surface area contributed by atoms with Crippen LogP contribution in [0.15, 0.2) is 109 Å². The third-order valence-electron chi connectivity index (χ3n) is 14.3.